The number of para-hydroxylation sites is 1. The smallest absolute Gasteiger partial charge is 0.331 e. The highest BCUT2D eigenvalue weighted by atomic mass is 16.5. The molecule has 6 nitrogen and oxygen atoms in total. The van der Waals surface area contributed by atoms with Crippen molar-refractivity contribution in [3.05, 3.63) is 36.1 Å². The summed E-state index contributed by atoms with van der Waals surface area (Å²) in [6, 6.07) is 8.73. The molecule has 0 aliphatic rings. The monoisotopic (exact) mass is 277 g/mol. The number of benzene rings is 1. The normalized spacial score (nSPS) is 13.9. The zero-order chi connectivity index (χ0) is 14.8. The summed E-state index contributed by atoms with van der Waals surface area (Å²) in [6.45, 7) is 1.23. The fraction of sp³-hybridized carbons (Fsp3) is 0.286. The van der Waals surface area contributed by atoms with Gasteiger partial charge >= 0.3 is 5.97 Å². The summed E-state index contributed by atoms with van der Waals surface area (Å²) in [7, 11) is 1.37. The van der Waals surface area contributed by atoms with Crippen molar-refractivity contribution in [3.8, 4) is 0 Å². The molecule has 0 bridgehead atoms. The van der Waals surface area contributed by atoms with Crippen molar-refractivity contribution >= 4 is 22.8 Å². The lowest BCUT2D eigenvalue weighted by Crippen LogP contribution is -2.55. The number of rotatable bonds is 5. The van der Waals surface area contributed by atoms with Crippen LogP contribution in [-0.2, 0) is 9.53 Å². The van der Waals surface area contributed by atoms with Gasteiger partial charge in [-0.3, -0.25) is 4.79 Å². The maximum atomic E-state index is 12.1. The number of carboxylic acid groups (broad SMARTS) is 1. The highest BCUT2D eigenvalue weighted by molar-refractivity contribution is 5.98. The minimum Gasteiger partial charge on any atom is -0.479 e. The number of methoxy groups -OCH3 is 1. The van der Waals surface area contributed by atoms with Crippen LogP contribution in [0.25, 0.3) is 11.0 Å². The lowest BCUT2D eigenvalue weighted by molar-refractivity contribution is -0.145. The standard InChI is InChI=1S/C14H15NO5/c1-14(8-19-2,13(17)18)15-12(16)11-7-9-5-3-4-6-10(9)20-11/h3-7H,8H2,1-2H3,(H,15,16)(H,17,18). The van der Waals surface area contributed by atoms with E-state index in [9.17, 15) is 14.7 Å². The Morgan fingerprint density at radius 2 is 2.10 bits per heavy atom. The maximum Gasteiger partial charge on any atom is 0.331 e. The quantitative estimate of drug-likeness (QED) is 0.867. The van der Waals surface area contributed by atoms with Gasteiger partial charge in [-0.05, 0) is 19.1 Å². The first-order valence-electron chi connectivity index (χ1n) is 6.00. The number of nitrogens with one attached hydrogen (secondary N) is 1. The molecular formula is C14H15NO5. The van der Waals surface area contributed by atoms with E-state index < -0.39 is 17.4 Å². The Kier molecular flexibility index (Phi) is 3.76. The molecule has 1 aromatic heterocycles. The summed E-state index contributed by atoms with van der Waals surface area (Å²) in [5.41, 5.74) is -0.938. The maximum absolute atomic E-state index is 12.1. The van der Waals surface area contributed by atoms with Crippen LogP contribution in [0.2, 0.25) is 0 Å². The third kappa shape index (κ3) is 2.65. The molecule has 0 spiro atoms. The third-order valence-corrected chi connectivity index (χ3v) is 2.94. The van der Waals surface area contributed by atoms with Crippen LogP contribution in [0.5, 0.6) is 0 Å². The molecule has 0 radical (unpaired) electrons. The van der Waals surface area contributed by atoms with E-state index in [4.69, 9.17) is 9.15 Å². The van der Waals surface area contributed by atoms with E-state index in [2.05, 4.69) is 5.32 Å². The molecule has 6 heteroatoms. The van der Waals surface area contributed by atoms with E-state index in [-0.39, 0.29) is 12.4 Å². The van der Waals surface area contributed by atoms with Crippen molar-refractivity contribution in [2.24, 2.45) is 0 Å². The molecule has 1 unspecified atom stereocenters. The summed E-state index contributed by atoms with van der Waals surface area (Å²) in [5.74, 6) is -1.71. The van der Waals surface area contributed by atoms with E-state index in [1.54, 1.807) is 24.3 Å². The highest BCUT2D eigenvalue weighted by Crippen LogP contribution is 2.19. The number of aliphatic carboxylic acids is 1. The Balaban J connectivity index is 2.24. The van der Waals surface area contributed by atoms with Gasteiger partial charge in [-0.25, -0.2) is 4.79 Å². The van der Waals surface area contributed by atoms with Crippen LogP contribution in [0.4, 0.5) is 0 Å². The lowest BCUT2D eigenvalue weighted by Gasteiger charge is -2.24. The molecule has 0 saturated carbocycles. The first-order valence-corrected chi connectivity index (χ1v) is 6.00. The Hall–Kier alpha value is -2.34. The Morgan fingerprint density at radius 1 is 1.40 bits per heavy atom. The summed E-state index contributed by atoms with van der Waals surface area (Å²) in [5, 5.41) is 12.4. The average Bonchev–Trinajstić information content (AvgIpc) is 2.82. The van der Waals surface area contributed by atoms with Gasteiger partial charge in [-0.15, -0.1) is 0 Å². The predicted octanol–water partition coefficient (Wildman–Crippen LogP) is 1.65. The molecule has 1 atom stereocenters. The van der Waals surface area contributed by atoms with Crippen LogP contribution >= 0.6 is 0 Å². The number of hydrogen-bond acceptors (Lipinski definition) is 4. The highest BCUT2D eigenvalue weighted by Gasteiger charge is 2.36. The second kappa shape index (κ2) is 5.34. The zero-order valence-electron chi connectivity index (χ0n) is 11.2. The molecule has 0 fully saturated rings. The van der Waals surface area contributed by atoms with Gasteiger partial charge in [0.15, 0.2) is 11.3 Å². The van der Waals surface area contributed by atoms with E-state index in [1.165, 1.54) is 14.0 Å². The molecule has 2 aromatic rings. The number of hydrogen-bond donors (Lipinski definition) is 2. The number of carbonyl (C=O) groups excluding carboxylic acids is 1. The average molecular weight is 277 g/mol. The fourth-order valence-electron chi connectivity index (χ4n) is 1.85. The minimum atomic E-state index is -1.51. The largest absolute Gasteiger partial charge is 0.479 e. The van der Waals surface area contributed by atoms with E-state index in [0.717, 1.165) is 5.39 Å². The summed E-state index contributed by atoms with van der Waals surface area (Å²) in [6.07, 6.45) is 0. The van der Waals surface area contributed by atoms with Gasteiger partial charge in [0.1, 0.15) is 5.58 Å². The van der Waals surface area contributed by atoms with Crippen LogP contribution < -0.4 is 5.32 Å². The van der Waals surface area contributed by atoms with Gasteiger partial charge in [0, 0.05) is 12.5 Å². The Labute approximate surface area is 115 Å². The topological polar surface area (TPSA) is 88.8 Å². The predicted molar refractivity (Wildman–Crippen MR) is 71.6 cm³/mol. The molecule has 1 amide bonds. The molecule has 1 heterocycles. The zero-order valence-corrected chi connectivity index (χ0v) is 11.2. The molecule has 20 heavy (non-hydrogen) atoms. The Morgan fingerprint density at radius 3 is 2.70 bits per heavy atom. The SMILES string of the molecule is COCC(C)(NC(=O)c1cc2ccccc2o1)C(=O)O. The first kappa shape index (κ1) is 14.1. The van der Waals surface area contributed by atoms with Crippen LogP contribution in [0.15, 0.2) is 34.7 Å². The van der Waals surface area contributed by atoms with E-state index in [0.29, 0.717) is 5.58 Å². The minimum absolute atomic E-state index is 0.0646. The van der Waals surface area contributed by atoms with Gasteiger partial charge in [-0.2, -0.15) is 0 Å². The van der Waals surface area contributed by atoms with Gasteiger partial charge < -0.3 is 19.6 Å². The number of carboxylic acids is 1. The summed E-state index contributed by atoms with van der Waals surface area (Å²) >= 11 is 0. The number of furan rings is 1. The molecular weight excluding hydrogens is 262 g/mol. The van der Waals surface area contributed by atoms with Crippen molar-refractivity contribution in [2.45, 2.75) is 12.5 Å². The molecule has 0 saturated heterocycles. The number of amides is 1. The first-order chi connectivity index (χ1) is 9.46. The third-order valence-electron chi connectivity index (χ3n) is 2.94. The fourth-order valence-corrected chi connectivity index (χ4v) is 1.85. The Bertz CT molecular complexity index is 615. The summed E-state index contributed by atoms with van der Waals surface area (Å²) < 4.78 is 10.2. The van der Waals surface area contributed by atoms with Crippen molar-refractivity contribution in [1.29, 1.82) is 0 Å². The molecule has 0 aliphatic heterocycles. The van der Waals surface area contributed by atoms with Gasteiger partial charge in [0.2, 0.25) is 0 Å². The molecule has 2 N–H and O–H groups in total. The van der Waals surface area contributed by atoms with Crippen molar-refractivity contribution in [1.82, 2.24) is 5.32 Å². The summed E-state index contributed by atoms with van der Waals surface area (Å²) in [4.78, 5) is 23.3. The number of carbonyl (C=O) groups is 2. The van der Waals surface area contributed by atoms with Gasteiger partial charge in [0.25, 0.3) is 5.91 Å². The van der Waals surface area contributed by atoms with Gasteiger partial charge in [0.05, 0.1) is 6.61 Å². The van der Waals surface area contributed by atoms with Crippen molar-refractivity contribution in [2.75, 3.05) is 13.7 Å². The number of ether oxygens (including phenoxy) is 1. The van der Waals surface area contributed by atoms with Gasteiger partial charge in [-0.1, -0.05) is 18.2 Å². The lowest BCUT2D eigenvalue weighted by atomic mass is 10.0. The van der Waals surface area contributed by atoms with Crippen LogP contribution in [-0.4, -0.2) is 36.2 Å². The second-order valence-corrected chi connectivity index (χ2v) is 4.67. The van der Waals surface area contributed by atoms with E-state index in [1.807, 2.05) is 6.07 Å². The van der Waals surface area contributed by atoms with Crippen LogP contribution in [0.3, 0.4) is 0 Å². The van der Waals surface area contributed by atoms with Crippen LogP contribution in [0.1, 0.15) is 17.5 Å². The van der Waals surface area contributed by atoms with Crippen LogP contribution in [0, 0.1) is 0 Å². The molecule has 1 aromatic carbocycles. The molecule has 0 aliphatic carbocycles. The molecule has 2 rings (SSSR count). The molecule has 106 valence electrons. The van der Waals surface area contributed by atoms with Crippen molar-refractivity contribution < 1.29 is 23.8 Å². The van der Waals surface area contributed by atoms with Crippen molar-refractivity contribution in [3.63, 3.8) is 0 Å². The van der Waals surface area contributed by atoms with E-state index >= 15 is 0 Å². The number of fused-ring (bicyclic) bond motifs is 1. The second-order valence-electron chi connectivity index (χ2n) is 4.67.